The molecule has 4 aromatic rings. The van der Waals surface area contributed by atoms with E-state index in [1.807, 2.05) is 50.5 Å². The summed E-state index contributed by atoms with van der Waals surface area (Å²) in [6.45, 7) is 5.08. The lowest BCUT2D eigenvalue weighted by Crippen LogP contribution is -2.36. The van der Waals surface area contributed by atoms with Crippen LogP contribution in [0.2, 0.25) is 0 Å². The third kappa shape index (κ3) is 4.51. The summed E-state index contributed by atoms with van der Waals surface area (Å²) in [6.07, 6.45) is 7.05. The van der Waals surface area contributed by atoms with Crippen LogP contribution in [-0.2, 0) is 11.8 Å². The SMILES string of the molecule is Cc1ccc(C(=O)Nc2cn(C)nc2-c2ccc(N3CCOCC3)cn2)nc1-c1cccnc1. The van der Waals surface area contributed by atoms with Gasteiger partial charge in [0, 0.05) is 44.3 Å². The van der Waals surface area contributed by atoms with Gasteiger partial charge in [0.05, 0.1) is 42.2 Å². The lowest BCUT2D eigenvalue weighted by atomic mass is 10.1. The number of amides is 1. The summed E-state index contributed by atoms with van der Waals surface area (Å²) in [5.74, 6) is -0.315. The number of anilines is 2. The number of ether oxygens (including phenoxy) is 1. The van der Waals surface area contributed by atoms with Gasteiger partial charge in [-0.05, 0) is 42.8 Å². The van der Waals surface area contributed by atoms with E-state index in [4.69, 9.17) is 4.74 Å². The van der Waals surface area contributed by atoms with Crippen molar-refractivity contribution in [2.45, 2.75) is 6.92 Å². The van der Waals surface area contributed by atoms with Gasteiger partial charge in [0.25, 0.3) is 5.91 Å². The Balaban J connectivity index is 1.38. The van der Waals surface area contributed by atoms with E-state index >= 15 is 0 Å². The molecule has 4 aromatic heterocycles. The standard InChI is InChI=1S/C25H25N7O2/c1-17-5-7-21(28-23(17)18-4-3-9-26-14-18)25(33)29-22-16-31(2)30-24(22)20-8-6-19(15-27-20)32-10-12-34-13-11-32/h3-9,14-16H,10-13H2,1-2H3,(H,29,33). The highest BCUT2D eigenvalue weighted by Gasteiger charge is 2.18. The number of hydrogen-bond acceptors (Lipinski definition) is 7. The average molecular weight is 456 g/mol. The molecule has 9 heteroatoms. The highest BCUT2D eigenvalue weighted by Crippen LogP contribution is 2.27. The summed E-state index contributed by atoms with van der Waals surface area (Å²) in [4.78, 5) is 28.7. The Morgan fingerprint density at radius 2 is 1.91 bits per heavy atom. The molecule has 0 aromatic carbocycles. The topological polar surface area (TPSA) is 98.1 Å². The molecule has 0 saturated carbocycles. The summed E-state index contributed by atoms with van der Waals surface area (Å²) in [5.41, 5.74) is 5.77. The molecule has 172 valence electrons. The Hall–Kier alpha value is -4.11. The van der Waals surface area contributed by atoms with E-state index in [-0.39, 0.29) is 5.91 Å². The molecule has 1 saturated heterocycles. The summed E-state index contributed by atoms with van der Waals surface area (Å²) in [6, 6.07) is 11.3. The quantitative estimate of drug-likeness (QED) is 0.493. The molecule has 1 N–H and O–H groups in total. The fourth-order valence-corrected chi connectivity index (χ4v) is 3.94. The number of carbonyl (C=O) groups is 1. The first-order chi connectivity index (χ1) is 16.6. The minimum Gasteiger partial charge on any atom is -0.378 e. The first-order valence-electron chi connectivity index (χ1n) is 11.1. The van der Waals surface area contributed by atoms with Gasteiger partial charge in [0.2, 0.25) is 0 Å². The van der Waals surface area contributed by atoms with Crippen LogP contribution in [-0.4, -0.2) is 56.9 Å². The Bertz CT molecular complexity index is 1300. The van der Waals surface area contributed by atoms with Gasteiger partial charge in [-0.15, -0.1) is 0 Å². The van der Waals surface area contributed by atoms with Gasteiger partial charge in [0.15, 0.2) is 0 Å². The highest BCUT2D eigenvalue weighted by atomic mass is 16.5. The summed E-state index contributed by atoms with van der Waals surface area (Å²) in [7, 11) is 1.81. The van der Waals surface area contributed by atoms with Crippen LogP contribution in [0.5, 0.6) is 0 Å². The molecule has 0 unspecified atom stereocenters. The molecule has 1 aliphatic rings. The first kappa shape index (κ1) is 21.7. The second-order valence-electron chi connectivity index (χ2n) is 8.12. The van der Waals surface area contributed by atoms with E-state index in [0.717, 1.165) is 35.6 Å². The van der Waals surface area contributed by atoms with E-state index in [2.05, 4.69) is 30.3 Å². The van der Waals surface area contributed by atoms with Crippen molar-refractivity contribution < 1.29 is 9.53 Å². The Morgan fingerprint density at radius 1 is 1.06 bits per heavy atom. The molecule has 9 nitrogen and oxygen atoms in total. The molecule has 34 heavy (non-hydrogen) atoms. The molecular formula is C25H25N7O2. The van der Waals surface area contributed by atoms with E-state index in [1.165, 1.54) is 0 Å². The molecule has 0 aliphatic carbocycles. The van der Waals surface area contributed by atoms with Crippen molar-refractivity contribution in [1.29, 1.82) is 0 Å². The van der Waals surface area contributed by atoms with E-state index in [9.17, 15) is 4.79 Å². The van der Waals surface area contributed by atoms with Crippen LogP contribution in [0.4, 0.5) is 11.4 Å². The fourth-order valence-electron chi connectivity index (χ4n) is 3.94. The molecular weight excluding hydrogens is 430 g/mol. The van der Waals surface area contributed by atoms with Crippen molar-refractivity contribution in [3.05, 3.63) is 72.4 Å². The molecule has 1 aliphatic heterocycles. The zero-order valence-electron chi connectivity index (χ0n) is 19.1. The number of hydrogen-bond donors (Lipinski definition) is 1. The second-order valence-corrected chi connectivity index (χ2v) is 8.12. The normalized spacial score (nSPS) is 13.6. The number of rotatable bonds is 5. The number of carbonyl (C=O) groups excluding carboxylic acids is 1. The van der Waals surface area contributed by atoms with E-state index in [0.29, 0.717) is 36.0 Å². The number of nitrogens with zero attached hydrogens (tertiary/aromatic N) is 6. The summed E-state index contributed by atoms with van der Waals surface area (Å²) >= 11 is 0. The fraction of sp³-hybridized carbons (Fsp3) is 0.240. The summed E-state index contributed by atoms with van der Waals surface area (Å²) in [5, 5.41) is 7.48. The van der Waals surface area contributed by atoms with Gasteiger partial charge >= 0.3 is 0 Å². The lowest BCUT2D eigenvalue weighted by Gasteiger charge is -2.28. The Morgan fingerprint density at radius 3 is 2.65 bits per heavy atom. The third-order valence-electron chi connectivity index (χ3n) is 5.71. The van der Waals surface area contributed by atoms with Crippen LogP contribution >= 0.6 is 0 Å². The van der Waals surface area contributed by atoms with Gasteiger partial charge < -0.3 is 15.0 Å². The Labute approximate surface area is 197 Å². The largest absolute Gasteiger partial charge is 0.378 e. The zero-order chi connectivity index (χ0) is 23.5. The van der Waals surface area contributed by atoms with Crippen molar-refractivity contribution in [3.8, 4) is 22.6 Å². The van der Waals surface area contributed by atoms with E-state index in [1.54, 1.807) is 29.3 Å². The van der Waals surface area contributed by atoms with Crippen molar-refractivity contribution in [3.63, 3.8) is 0 Å². The maximum Gasteiger partial charge on any atom is 0.274 e. The minimum atomic E-state index is -0.315. The van der Waals surface area contributed by atoms with Crippen molar-refractivity contribution in [1.82, 2.24) is 24.7 Å². The molecule has 0 spiro atoms. The van der Waals surface area contributed by atoms with Crippen LogP contribution in [0, 0.1) is 6.92 Å². The molecule has 5 rings (SSSR count). The lowest BCUT2D eigenvalue weighted by molar-refractivity contribution is 0.102. The van der Waals surface area contributed by atoms with Gasteiger partial charge in [-0.25, -0.2) is 4.98 Å². The number of nitrogens with one attached hydrogen (secondary N) is 1. The van der Waals surface area contributed by atoms with E-state index < -0.39 is 0 Å². The zero-order valence-corrected chi connectivity index (χ0v) is 19.1. The van der Waals surface area contributed by atoms with Crippen LogP contribution in [0.25, 0.3) is 22.6 Å². The summed E-state index contributed by atoms with van der Waals surface area (Å²) < 4.78 is 7.08. The highest BCUT2D eigenvalue weighted by molar-refractivity contribution is 6.04. The van der Waals surface area contributed by atoms with Crippen LogP contribution in [0.15, 0.2) is 61.2 Å². The predicted molar refractivity (Wildman–Crippen MR) is 130 cm³/mol. The van der Waals surface area contributed by atoms with Crippen LogP contribution in [0.3, 0.4) is 0 Å². The molecule has 0 radical (unpaired) electrons. The monoisotopic (exact) mass is 455 g/mol. The van der Waals surface area contributed by atoms with Crippen LogP contribution < -0.4 is 10.2 Å². The van der Waals surface area contributed by atoms with Crippen molar-refractivity contribution >= 4 is 17.3 Å². The number of aromatic nitrogens is 5. The Kier molecular flexibility index (Phi) is 6.01. The van der Waals surface area contributed by atoms with Crippen molar-refractivity contribution in [2.75, 3.05) is 36.5 Å². The predicted octanol–water partition coefficient (Wildman–Crippen LogP) is 3.34. The first-order valence-corrected chi connectivity index (χ1v) is 11.1. The second kappa shape index (κ2) is 9.40. The molecule has 1 amide bonds. The maximum absolute atomic E-state index is 13.1. The van der Waals surface area contributed by atoms with Gasteiger partial charge in [0.1, 0.15) is 11.4 Å². The number of aryl methyl sites for hydroxylation is 2. The molecule has 0 bridgehead atoms. The van der Waals surface area contributed by atoms with Crippen molar-refractivity contribution in [2.24, 2.45) is 7.05 Å². The molecule has 1 fully saturated rings. The maximum atomic E-state index is 13.1. The minimum absolute atomic E-state index is 0.315. The smallest absolute Gasteiger partial charge is 0.274 e. The van der Waals surface area contributed by atoms with Gasteiger partial charge in [-0.2, -0.15) is 5.10 Å². The van der Waals surface area contributed by atoms with Gasteiger partial charge in [-0.3, -0.25) is 19.4 Å². The molecule has 0 atom stereocenters. The average Bonchev–Trinajstić information content (AvgIpc) is 3.25. The molecule has 5 heterocycles. The number of pyridine rings is 3. The number of morpholine rings is 1. The van der Waals surface area contributed by atoms with Crippen LogP contribution in [0.1, 0.15) is 16.1 Å². The van der Waals surface area contributed by atoms with Gasteiger partial charge in [-0.1, -0.05) is 6.07 Å². The third-order valence-corrected chi connectivity index (χ3v) is 5.71.